The van der Waals surface area contributed by atoms with E-state index in [9.17, 15) is 14.6 Å². The lowest BCUT2D eigenvalue weighted by Crippen LogP contribution is -2.27. The number of hydrogen-bond donors (Lipinski definition) is 2. The van der Waals surface area contributed by atoms with Gasteiger partial charge in [0.05, 0.1) is 6.10 Å². The summed E-state index contributed by atoms with van der Waals surface area (Å²) in [5.74, 6) is -0.312. The minimum Gasteiger partial charge on any atom is -0.390 e. The molecule has 3 heteroatoms. The Hall–Kier alpha value is -0.930. The molecule has 0 bridgehead atoms. The molecule has 2 atom stereocenters. The van der Waals surface area contributed by atoms with Gasteiger partial charge in [-0.25, -0.2) is 4.39 Å². The molecule has 0 amide bonds. The van der Waals surface area contributed by atoms with Crippen molar-refractivity contribution in [3.63, 3.8) is 0 Å². The SMILES string of the molecule is CCC(CC)C(O)C(O)c1ccc(C)c(F)c1. The first-order valence-corrected chi connectivity index (χ1v) is 6.13. The number of aliphatic hydroxyl groups excluding tert-OH is 2. The molecule has 0 saturated carbocycles. The Balaban J connectivity index is 2.87. The van der Waals surface area contributed by atoms with E-state index in [0.29, 0.717) is 11.1 Å². The second-order valence-electron chi connectivity index (χ2n) is 4.52. The molecule has 0 saturated heterocycles. The van der Waals surface area contributed by atoms with Crippen LogP contribution in [-0.2, 0) is 0 Å². The van der Waals surface area contributed by atoms with E-state index in [4.69, 9.17) is 0 Å². The molecule has 0 fully saturated rings. The van der Waals surface area contributed by atoms with Crippen molar-refractivity contribution in [1.82, 2.24) is 0 Å². The molecule has 2 N–H and O–H groups in total. The van der Waals surface area contributed by atoms with E-state index >= 15 is 0 Å². The van der Waals surface area contributed by atoms with Crippen LogP contribution in [0, 0.1) is 18.7 Å². The highest BCUT2D eigenvalue weighted by Gasteiger charge is 2.25. The van der Waals surface area contributed by atoms with Crippen molar-refractivity contribution >= 4 is 0 Å². The number of halogens is 1. The van der Waals surface area contributed by atoms with Crippen LogP contribution in [0.1, 0.15) is 43.9 Å². The average molecular weight is 240 g/mol. The van der Waals surface area contributed by atoms with Crippen molar-refractivity contribution in [3.8, 4) is 0 Å². The molecule has 2 nitrogen and oxygen atoms in total. The first-order valence-electron chi connectivity index (χ1n) is 6.13. The molecule has 1 aromatic rings. The summed E-state index contributed by atoms with van der Waals surface area (Å²) >= 11 is 0. The molecular weight excluding hydrogens is 219 g/mol. The van der Waals surface area contributed by atoms with Gasteiger partial charge in [0.1, 0.15) is 11.9 Å². The molecule has 0 aliphatic carbocycles. The number of aryl methyl sites for hydroxylation is 1. The normalized spacial score (nSPS) is 15.0. The Labute approximate surface area is 102 Å². The third-order valence-corrected chi connectivity index (χ3v) is 3.39. The number of hydrogen-bond acceptors (Lipinski definition) is 2. The molecule has 0 aromatic heterocycles. The lowest BCUT2D eigenvalue weighted by Gasteiger charge is -2.25. The largest absolute Gasteiger partial charge is 0.390 e. The van der Waals surface area contributed by atoms with Crippen LogP contribution in [0.25, 0.3) is 0 Å². The van der Waals surface area contributed by atoms with Gasteiger partial charge in [-0.3, -0.25) is 0 Å². The Morgan fingerprint density at radius 3 is 2.24 bits per heavy atom. The van der Waals surface area contributed by atoms with Gasteiger partial charge in [-0.15, -0.1) is 0 Å². The third-order valence-electron chi connectivity index (χ3n) is 3.39. The smallest absolute Gasteiger partial charge is 0.126 e. The molecule has 17 heavy (non-hydrogen) atoms. The van der Waals surface area contributed by atoms with E-state index in [2.05, 4.69) is 0 Å². The summed E-state index contributed by atoms with van der Waals surface area (Å²) in [6, 6.07) is 4.58. The summed E-state index contributed by atoms with van der Waals surface area (Å²) in [7, 11) is 0. The zero-order chi connectivity index (χ0) is 13.0. The van der Waals surface area contributed by atoms with E-state index in [-0.39, 0.29) is 11.7 Å². The molecule has 0 aliphatic heterocycles. The fraction of sp³-hybridized carbons (Fsp3) is 0.571. The zero-order valence-electron chi connectivity index (χ0n) is 10.7. The zero-order valence-corrected chi connectivity index (χ0v) is 10.7. The lowest BCUT2D eigenvalue weighted by molar-refractivity contribution is -0.0210. The van der Waals surface area contributed by atoms with Crippen LogP contribution >= 0.6 is 0 Å². The number of rotatable bonds is 5. The Bertz CT molecular complexity index is 361. The highest BCUT2D eigenvalue weighted by Crippen LogP contribution is 2.26. The molecule has 0 aliphatic rings. The quantitative estimate of drug-likeness (QED) is 0.830. The minimum absolute atomic E-state index is 0.0364. The van der Waals surface area contributed by atoms with Gasteiger partial charge in [0, 0.05) is 0 Å². The van der Waals surface area contributed by atoms with E-state index < -0.39 is 12.2 Å². The summed E-state index contributed by atoms with van der Waals surface area (Å²) in [5, 5.41) is 20.0. The van der Waals surface area contributed by atoms with Crippen molar-refractivity contribution < 1.29 is 14.6 Å². The Kier molecular flexibility index (Phi) is 5.09. The van der Waals surface area contributed by atoms with Crippen LogP contribution in [-0.4, -0.2) is 16.3 Å². The van der Waals surface area contributed by atoms with Gasteiger partial charge in [0.2, 0.25) is 0 Å². The van der Waals surface area contributed by atoms with Crippen LogP contribution in [0.15, 0.2) is 18.2 Å². The van der Waals surface area contributed by atoms with Crippen LogP contribution < -0.4 is 0 Å². The van der Waals surface area contributed by atoms with Crippen molar-refractivity contribution in [2.24, 2.45) is 5.92 Å². The van der Waals surface area contributed by atoms with Crippen LogP contribution in [0.5, 0.6) is 0 Å². The van der Waals surface area contributed by atoms with Crippen molar-refractivity contribution in [1.29, 1.82) is 0 Å². The molecule has 1 rings (SSSR count). The average Bonchev–Trinajstić information content (AvgIpc) is 2.33. The third kappa shape index (κ3) is 3.27. The van der Waals surface area contributed by atoms with Crippen LogP contribution in [0.4, 0.5) is 4.39 Å². The maximum Gasteiger partial charge on any atom is 0.126 e. The van der Waals surface area contributed by atoms with E-state index in [0.717, 1.165) is 12.8 Å². The van der Waals surface area contributed by atoms with Crippen LogP contribution in [0.3, 0.4) is 0 Å². The van der Waals surface area contributed by atoms with Crippen molar-refractivity contribution in [3.05, 3.63) is 35.1 Å². The van der Waals surface area contributed by atoms with Gasteiger partial charge in [-0.1, -0.05) is 38.8 Å². The second kappa shape index (κ2) is 6.12. The summed E-state index contributed by atoms with van der Waals surface area (Å²) in [5.41, 5.74) is 0.977. The maximum absolute atomic E-state index is 13.4. The maximum atomic E-state index is 13.4. The second-order valence-corrected chi connectivity index (χ2v) is 4.52. The number of aliphatic hydroxyl groups is 2. The molecule has 0 radical (unpaired) electrons. The van der Waals surface area contributed by atoms with Gasteiger partial charge >= 0.3 is 0 Å². The fourth-order valence-electron chi connectivity index (χ4n) is 2.02. The summed E-state index contributed by atoms with van der Waals surface area (Å²) in [4.78, 5) is 0. The summed E-state index contributed by atoms with van der Waals surface area (Å²) in [6.07, 6.45) is -0.270. The first-order chi connectivity index (χ1) is 8.01. The number of benzene rings is 1. The molecule has 2 unspecified atom stereocenters. The molecule has 1 aromatic carbocycles. The van der Waals surface area contributed by atoms with Gasteiger partial charge in [0.15, 0.2) is 0 Å². The van der Waals surface area contributed by atoms with Gasteiger partial charge < -0.3 is 10.2 Å². The Morgan fingerprint density at radius 1 is 1.18 bits per heavy atom. The van der Waals surface area contributed by atoms with E-state index in [1.807, 2.05) is 13.8 Å². The van der Waals surface area contributed by atoms with Gasteiger partial charge in [-0.2, -0.15) is 0 Å². The molecule has 0 heterocycles. The predicted molar refractivity (Wildman–Crippen MR) is 66.2 cm³/mol. The topological polar surface area (TPSA) is 40.5 Å². The summed E-state index contributed by atoms with van der Waals surface area (Å²) in [6.45, 7) is 5.61. The van der Waals surface area contributed by atoms with Gasteiger partial charge in [-0.05, 0) is 30.0 Å². The molecular formula is C14H21FO2. The standard InChI is InChI=1S/C14H21FO2/c1-4-10(5-2)13(16)14(17)11-7-6-9(3)12(15)8-11/h6-8,10,13-14,16-17H,4-5H2,1-3H3. The minimum atomic E-state index is -1.02. The van der Waals surface area contributed by atoms with Crippen LogP contribution in [0.2, 0.25) is 0 Å². The van der Waals surface area contributed by atoms with E-state index in [1.165, 1.54) is 6.07 Å². The molecule has 96 valence electrons. The summed E-state index contributed by atoms with van der Waals surface area (Å²) < 4.78 is 13.4. The first kappa shape index (κ1) is 14.1. The van der Waals surface area contributed by atoms with E-state index in [1.54, 1.807) is 19.1 Å². The predicted octanol–water partition coefficient (Wildman–Crippen LogP) is 2.96. The fourth-order valence-corrected chi connectivity index (χ4v) is 2.02. The van der Waals surface area contributed by atoms with Crippen molar-refractivity contribution in [2.45, 2.75) is 45.8 Å². The van der Waals surface area contributed by atoms with Crippen molar-refractivity contribution in [2.75, 3.05) is 0 Å². The highest BCUT2D eigenvalue weighted by atomic mass is 19.1. The monoisotopic (exact) mass is 240 g/mol. The van der Waals surface area contributed by atoms with Gasteiger partial charge in [0.25, 0.3) is 0 Å². The lowest BCUT2D eigenvalue weighted by atomic mass is 9.89. The molecule has 0 spiro atoms. The Morgan fingerprint density at radius 2 is 1.76 bits per heavy atom. The highest BCUT2D eigenvalue weighted by molar-refractivity contribution is 5.25.